The van der Waals surface area contributed by atoms with Gasteiger partial charge in [-0.05, 0) is 30.2 Å². The SMILES string of the molecule is Cc1ccccc1CSc1nnc2c(=O)n(-c3ccccc3)ccn12. The second kappa shape index (κ2) is 6.57. The molecule has 0 aliphatic carbocycles. The first-order valence-electron chi connectivity index (χ1n) is 7.93. The van der Waals surface area contributed by atoms with Crippen LogP contribution in [0.5, 0.6) is 0 Å². The molecular weight excluding hydrogens is 332 g/mol. The van der Waals surface area contributed by atoms with Gasteiger partial charge in [0.15, 0.2) is 5.16 Å². The maximum absolute atomic E-state index is 12.7. The summed E-state index contributed by atoms with van der Waals surface area (Å²) in [7, 11) is 0. The molecule has 2 heterocycles. The summed E-state index contributed by atoms with van der Waals surface area (Å²) in [6, 6.07) is 17.8. The molecule has 0 unspecified atom stereocenters. The third-order valence-corrected chi connectivity index (χ3v) is 5.08. The van der Waals surface area contributed by atoms with Crippen molar-refractivity contribution in [3.05, 3.63) is 88.5 Å². The van der Waals surface area contributed by atoms with Crippen LogP contribution in [0.15, 0.2) is 76.9 Å². The molecule has 0 amide bonds. The molecule has 0 saturated heterocycles. The molecule has 4 rings (SSSR count). The van der Waals surface area contributed by atoms with Crippen LogP contribution in [0.4, 0.5) is 0 Å². The van der Waals surface area contributed by atoms with Crippen LogP contribution in [0.1, 0.15) is 11.1 Å². The van der Waals surface area contributed by atoms with E-state index in [0.29, 0.717) is 5.65 Å². The number of thioether (sulfide) groups is 1. The molecule has 2 aromatic carbocycles. The van der Waals surface area contributed by atoms with Crippen molar-refractivity contribution in [3.8, 4) is 5.69 Å². The highest BCUT2D eigenvalue weighted by molar-refractivity contribution is 7.98. The highest BCUT2D eigenvalue weighted by Crippen LogP contribution is 2.22. The second-order valence-electron chi connectivity index (χ2n) is 5.70. The van der Waals surface area contributed by atoms with Gasteiger partial charge in [0, 0.05) is 23.8 Å². The number of nitrogens with zero attached hydrogens (tertiary/aromatic N) is 4. The summed E-state index contributed by atoms with van der Waals surface area (Å²) < 4.78 is 3.34. The van der Waals surface area contributed by atoms with Crippen LogP contribution in [0.3, 0.4) is 0 Å². The maximum atomic E-state index is 12.7. The van der Waals surface area contributed by atoms with Gasteiger partial charge in [-0.1, -0.05) is 54.2 Å². The number of aryl methyl sites for hydroxylation is 1. The molecule has 0 atom stereocenters. The Kier molecular flexibility index (Phi) is 4.11. The molecule has 0 aliphatic heterocycles. The van der Waals surface area contributed by atoms with Crippen molar-refractivity contribution < 1.29 is 0 Å². The van der Waals surface area contributed by atoms with Crippen LogP contribution < -0.4 is 5.56 Å². The fraction of sp³-hybridized carbons (Fsp3) is 0.105. The Morgan fingerprint density at radius 2 is 1.72 bits per heavy atom. The van der Waals surface area contributed by atoms with Gasteiger partial charge in [0.05, 0.1) is 0 Å². The van der Waals surface area contributed by atoms with Gasteiger partial charge in [-0.3, -0.25) is 13.8 Å². The summed E-state index contributed by atoms with van der Waals surface area (Å²) in [4.78, 5) is 12.7. The highest BCUT2D eigenvalue weighted by Gasteiger charge is 2.12. The van der Waals surface area contributed by atoms with Crippen molar-refractivity contribution >= 4 is 17.4 Å². The third kappa shape index (κ3) is 2.96. The minimum absolute atomic E-state index is 0.177. The monoisotopic (exact) mass is 348 g/mol. The van der Waals surface area contributed by atoms with Crippen molar-refractivity contribution in [1.82, 2.24) is 19.2 Å². The molecule has 25 heavy (non-hydrogen) atoms. The van der Waals surface area contributed by atoms with Gasteiger partial charge in [0.2, 0.25) is 5.65 Å². The summed E-state index contributed by atoms with van der Waals surface area (Å²) in [5, 5.41) is 9.01. The number of para-hydroxylation sites is 1. The second-order valence-corrected chi connectivity index (χ2v) is 6.64. The molecule has 5 nitrogen and oxygen atoms in total. The first kappa shape index (κ1) is 15.7. The fourth-order valence-electron chi connectivity index (χ4n) is 2.67. The molecule has 0 bridgehead atoms. The fourth-order valence-corrected chi connectivity index (χ4v) is 3.66. The quantitative estimate of drug-likeness (QED) is 0.530. The Morgan fingerprint density at radius 1 is 0.960 bits per heavy atom. The number of fused-ring (bicyclic) bond motifs is 1. The smallest absolute Gasteiger partial charge is 0.280 e. The normalized spacial score (nSPS) is 11.1. The lowest BCUT2D eigenvalue weighted by Crippen LogP contribution is -2.20. The van der Waals surface area contributed by atoms with Gasteiger partial charge >= 0.3 is 5.56 Å². The first-order valence-corrected chi connectivity index (χ1v) is 8.92. The van der Waals surface area contributed by atoms with Gasteiger partial charge in [-0.25, -0.2) is 0 Å². The molecule has 0 spiro atoms. The zero-order valence-electron chi connectivity index (χ0n) is 13.7. The average molecular weight is 348 g/mol. The minimum atomic E-state index is -0.177. The average Bonchev–Trinajstić information content (AvgIpc) is 3.06. The topological polar surface area (TPSA) is 52.2 Å². The van der Waals surface area contributed by atoms with E-state index in [9.17, 15) is 4.79 Å². The van der Waals surface area contributed by atoms with E-state index < -0.39 is 0 Å². The van der Waals surface area contributed by atoms with Gasteiger partial charge in [0.25, 0.3) is 0 Å². The molecule has 2 aromatic heterocycles. The molecule has 0 saturated carbocycles. The Balaban J connectivity index is 1.68. The number of aromatic nitrogens is 4. The van der Waals surface area contributed by atoms with Crippen molar-refractivity contribution in [3.63, 3.8) is 0 Å². The molecule has 6 heteroatoms. The van der Waals surface area contributed by atoms with E-state index >= 15 is 0 Å². The zero-order chi connectivity index (χ0) is 17.2. The number of hydrogen-bond donors (Lipinski definition) is 0. The number of rotatable bonds is 4. The Labute approximate surface area is 149 Å². The summed E-state index contributed by atoms with van der Waals surface area (Å²) in [5.41, 5.74) is 3.46. The largest absolute Gasteiger partial charge is 0.300 e. The van der Waals surface area contributed by atoms with Crippen LogP contribution in [0.2, 0.25) is 0 Å². The predicted octanol–water partition coefficient (Wildman–Crippen LogP) is 3.48. The Bertz CT molecular complexity index is 1090. The van der Waals surface area contributed by atoms with Crippen LogP contribution in [0, 0.1) is 6.92 Å². The van der Waals surface area contributed by atoms with Crippen molar-refractivity contribution in [2.24, 2.45) is 0 Å². The summed E-state index contributed by atoms with van der Waals surface area (Å²) in [6.45, 7) is 2.09. The molecular formula is C19H16N4OS. The van der Waals surface area contributed by atoms with Crippen molar-refractivity contribution in [1.29, 1.82) is 0 Å². The minimum Gasteiger partial charge on any atom is -0.280 e. The zero-order valence-corrected chi connectivity index (χ0v) is 14.5. The van der Waals surface area contributed by atoms with Crippen LogP contribution in [0.25, 0.3) is 11.3 Å². The first-order chi connectivity index (χ1) is 12.2. The number of hydrogen-bond acceptors (Lipinski definition) is 4. The van der Waals surface area contributed by atoms with Gasteiger partial charge < -0.3 is 0 Å². The molecule has 124 valence electrons. The summed E-state index contributed by atoms with van der Waals surface area (Å²) >= 11 is 1.58. The van der Waals surface area contributed by atoms with E-state index in [4.69, 9.17) is 0 Å². The summed E-state index contributed by atoms with van der Waals surface area (Å²) in [6.07, 6.45) is 3.59. The standard InChI is InChI=1S/C19H16N4OS/c1-14-7-5-6-8-15(14)13-25-19-21-20-17-18(24)22(11-12-23(17)19)16-9-3-2-4-10-16/h2-12H,13H2,1H3. The van der Waals surface area contributed by atoms with E-state index in [1.165, 1.54) is 11.1 Å². The number of benzene rings is 2. The van der Waals surface area contributed by atoms with E-state index in [2.05, 4.69) is 29.3 Å². The van der Waals surface area contributed by atoms with Crippen LogP contribution in [-0.2, 0) is 5.75 Å². The van der Waals surface area contributed by atoms with Crippen LogP contribution in [-0.4, -0.2) is 19.2 Å². The Hall–Kier alpha value is -2.86. The molecule has 0 N–H and O–H groups in total. The lowest BCUT2D eigenvalue weighted by molar-refractivity contribution is 0.893. The lowest BCUT2D eigenvalue weighted by Gasteiger charge is -2.06. The van der Waals surface area contributed by atoms with Gasteiger partial charge in [-0.15, -0.1) is 10.2 Å². The molecule has 4 aromatic rings. The molecule has 0 aliphatic rings. The molecule has 0 fully saturated rings. The van der Waals surface area contributed by atoms with E-state index in [1.807, 2.05) is 48.7 Å². The Morgan fingerprint density at radius 3 is 2.52 bits per heavy atom. The van der Waals surface area contributed by atoms with Crippen molar-refractivity contribution in [2.75, 3.05) is 0 Å². The van der Waals surface area contributed by atoms with Crippen molar-refractivity contribution in [2.45, 2.75) is 17.8 Å². The molecule has 0 radical (unpaired) electrons. The van der Waals surface area contributed by atoms with Crippen LogP contribution >= 0.6 is 11.8 Å². The lowest BCUT2D eigenvalue weighted by atomic mass is 10.1. The van der Waals surface area contributed by atoms with E-state index in [1.54, 1.807) is 26.9 Å². The van der Waals surface area contributed by atoms with Gasteiger partial charge in [0.1, 0.15) is 0 Å². The third-order valence-electron chi connectivity index (χ3n) is 4.09. The summed E-state index contributed by atoms with van der Waals surface area (Å²) in [5.74, 6) is 0.787. The van der Waals surface area contributed by atoms with E-state index in [-0.39, 0.29) is 5.56 Å². The predicted molar refractivity (Wildman–Crippen MR) is 99.3 cm³/mol. The highest BCUT2D eigenvalue weighted by atomic mass is 32.2. The van der Waals surface area contributed by atoms with E-state index in [0.717, 1.165) is 16.6 Å². The van der Waals surface area contributed by atoms with Gasteiger partial charge in [-0.2, -0.15) is 0 Å². The maximum Gasteiger partial charge on any atom is 0.300 e.